The van der Waals surface area contributed by atoms with E-state index >= 15 is 0 Å². The van der Waals surface area contributed by atoms with Crippen LogP contribution in [-0.2, 0) is 11.6 Å². The summed E-state index contributed by atoms with van der Waals surface area (Å²) in [7, 11) is 0. The second-order valence-corrected chi connectivity index (χ2v) is 5.90. The van der Waals surface area contributed by atoms with Gasteiger partial charge in [0.1, 0.15) is 0 Å². The van der Waals surface area contributed by atoms with Crippen molar-refractivity contribution < 1.29 is 24.2 Å². The zero-order valence-electron chi connectivity index (χ0n) is 15.7. The molecule has 0 aliphatic carbocycles. The lowest BCUT2D eigenvalue weighted by Gasteiger charge is -2.06. The van der Waals surface area contributed by atoms with Gasteiger partial charge in [0, 0.05) is 30.0 Å². The molecular formula is C18H14N6O7. The van der Waals surface area contributed by atoms with Crippen molar-refractivity contribution >= 4 is 23.2 Å². The number of nitrogens with two attached hydrogens (primary N) is 1. The van der Waals surface area contributed by atoms with E-state index < -0.39 is 15.8 Å². The van der Waals surface area contributed by atoms with Crippen molar-refractivity contribution in [2.75, 3.05) is 0 Å². The zero-order valence-corrected chi connectivity index (χ0v) is 15.7. The average Bonchev–Trinajstić information content (AvgIpc) is 3.25. The Morgan fingerprint density at radius 2 is 1.77 bits per heavy atom. The van der Waals surface area contributed by atoms with E-state index in [2.05, 4.69) is 10.3 Å². The Balaban J connectivity index is 1.60. The van der Waals surface area contributed by atoms with E-state index in [1.807, 2.05) is 0 Å². The third-order valence-electron chi connectivity index (χ3n) is 3.86. The molecule has 0 radical (unpaired) electrons. The molecule has 158 valence electrons. The highest BCUT2D eigenvalue weighted by Crippen LogP contribution is 2.26. The summed E-state index contributed by atoms with van der Waals surface area (Å²) >= 11 is 0. The second-order valence-electron chi connectivity index (χ2n) is 5.90. The van der Waals surface area contributed by atoms with Crippen LogP contribution in [0, 0.1) is 20.2 Å². The second kappa shape index (κ2) is 9.13. The summed E-state index contributed by atoms with van der Waals surface area (Å²) in [5.41, 5.74) is 5.60. The van der Waals surface area contributed by atoms with Crippen molar-refractivity contribution in [2.45, 2.75) is 6.73 Å². The van der Waals surface area contributed by atoms with Gasteiger partial charge in [0.15, 0.2) is 24.0 Å². The van der Waals surface area contributed by atoms with Gasteiger partial charge in [0.25, 0.3) is 5.69 Å². The lowest BCUT2D eigenvalue weighted by molar-refractivity contribution is -0.386. The molecule has 0 amide bonds. The lowest BCUT2D eigenvalue weighted by Crippen LogP contribution is -2.15. The molecule has 0 aliphatic rings. The molecule has 0 spiro atoms. The summed E-state index contributed by atoms with van der Waals surface area (Å²) in [5, 5.41) is 29.1. The number of non-ortho nitro benzene ring substituents is 1. The summed E-state index contributed by atoms with van der Waals surface area (Å²) in [6.07, 6.45) is 1.41. The number of nitro benzene ring substituents is 2. The van der Waals surface area contributed by atoms with Crippen molar-refractivity contribution in [3.8, 4) is 5.75 Å². The molecule has 3 aromatic rings. The molecule has 0 aliphatic heterocycles. The number of ether oxygens (including phenoxy) is 1. The minimum absolute atomic E-state index is 0.0487. The Kier molecular flexibility index (Phi) is 6.16. The van der Waals surface area contributed by atoms with Crippen molar-refractivity contribution in [3.05, 3.63) is 92.3 Å². The number of oxime groups is 1. The number of hydrogen-bond donors (Lipinski definition) is 1. The van der Waals surface area contributed by atoms with Gasteiger partial charge in [-0.3, -0.25) is 20.2 Å². The molecule has 2 aromatic carbocycles. The van der Waals surface area contributed by atoms with Crippen LogP contribution in [0.1, 0.15) is 16.1 Å². The summed E-state index contributed by atoms with van der Waals surface area (Å²) < 4.78 is 6.60. The number of carbonyl (C=O) groups excluding carboxylic acids is 1. The fourth-order valence-corrected chi connectivity index (χ4v) is 2.35. The minimum Gasteiger partial charge on any atom is -0.464 e. The van der Waals surface area contributed by atoms with Gasteiger partial charge >= 0.3 is 11.7 Å². The molecule has 31 heavy (non-hydrogen) atoms. The Bertz CT molecular complexity index is 1160. The molecule has 0 fully saturated rings. The topological polar surface area (TPSA) is 178 Å². The summed E-state index contributed by atoms with van der Waals surface area (Å²) in [4.78, 5) is 37.3. The van der Waals surface area contributed by atoms with Gasteiger partial charge in [0.2, 0.25) is 0 Å². The van der Waals surface area contributed by atoms with Crippen LogP contribution in [0.25, 0.3) is 0 Å². The molecule has 1 aromatic heterocycles. The van der Waals surface area contributed by atoms with Gasteiger partial charge in [-0.15, -0.1) is 0 Å². The van der Waals surface area contributed by atoms with Crippen molar-refractivity contribution in [3.63, 3.8) is 0 Å². The number of nitrogens with zero attached hydrogens (tertiary/aromatic N) is 5. The first-order chi connectivity index (χ1) is 14.8. The smallest absolute Gasteiger partial charge is 0.385 e. The van der Waals surface area contributed by atoms with Crippen LogP contribution in [0.3, 0.4) is 0 Å². The van der Waals surface area contributed by atoms with Gasteiger partial charge < -0.3 is 15.3 Å². The minimum atomic E-state index is -0.908. The van der Waals surface area contributed by atoms with E-state index in [-0.39, 0.29) is 35.4 Å². The van der Waals surface area contributed by atoms with E-state index in [4.69, 9.17) is 15.3 Å². The summed E-state index contributed by atoms with van der Waals surface area (Å²) in [6, 6.07) is 12.4. The van der Waals surface area contributed by atoms with E-state index in [9.17, 15) is 25.0 Å². The van der Waals surface area contributed by atoms with Crippen LogP contribution in [0.2, 0.25) is 0 Å². The first-order valence-electron chi connectivity index (χ1n) is 8.54. The number of benzene rings is 2. The first kappa shape index (κ1) is 20.9. The number of para-hydroxylation sites is 2. The number of nitro groups is 2. The van der Waals surface area contributed by atoms with E-state index in [1.54, 1.807) is 6.07 Å². The van der Waals surface area contributed by atoms with Gasteiger partial charge in [-0.25, -0.2) is 9.48 Å². The number of carbonyl (C=O) groups is 1. The number of amidine groups is 1. The number of hydrogen-bond acceptors (Lipinski definition) is 9. The van der Waals surface area contributed by atoms with Crippen LogP contribution < -0.4 is 10.5 Å². The molecule has 2 N–H and O–H groups in total. The molecule has 0 unspecified atom stereocenters. The highest BCUT2D eigenvalue weighted by atomic mass is 16.7. The molecule has 0 atom stereocenters. The van der Waals surface area contributed by atoms with Crippen LogP contribution in [0.15, 0.2) is 65.9 Å². The molecule has 13 nitrogen and oxygen atoms in total. The number of rotatable bonds is 8. The van der Waals surface area contributed by atoms with Gasteiger partial charge in [0.05, 0.1) is 9.85 Å². The maximum Gasteiger partial charge on any atom is 0.385 e. The molecule has 3 rings (SSSR count). The van der Waals surface area contributed by atoms with E-state index in [1.165, 1.54) is 59.4 Å². The zero-order chi connectivity index (χ0) is 22.4. The fraction of sp³-hybridized carbons (Fsp3) is 0.0556. The predicted octanol–water partition coefficient (Wildman–Crippen LogP) is 2.21. The summed E-state index contributed by atoms with van der Waals surface area (Å²) in [5.74, 6) is -1.02. The fourth-order valence-electron chi connectivity index (χ4n) is 2.35. The molecule has 0 saturated carbocycles. The highest BCUT2D eigenvalue weighted by Gasteiger charge is 2.15. The highest BCUT2D eigenvalue weighted by molar-refractivity contribution is 5.98. The van der Waals surface area contributed by atoms with Gasteiger partial charge in [-0.1, -0.05) is 17.3 Å². The molecular weight excluding hydrogens is 412 g/mol. The maximum atomic E-state index is 12.1. The van der Waals surface area contributed by atoms with Crippen molar-refractivity contribution in [1.82, 2.24) is 9.78 Å². The molecule has 0 bridgehead atoms. The molecule has 0 saturated heterocycles. The van der Waals surface area contributed by atoms with Gasteiger partial charge in [-0.2, -0.15) is 5.10 Å². The third kappa shape index (κ3) is 5.17. The Morgan fingerprint density at radius 3 is 2.45 bits per heavy atom. The first-order valence-corrected chi connectivity index (χ1v) is 8.54. The van der Waals surface area contributed by atoms with Crippen LogP contribution in [0.4, 0.5) is 11.4 Å². The van der Waals surface area contributed by atoms with Crippen LogP contribution in [0.5, 0.6) is 5.75 Å². The standard InChI is InChI=1S/C18H14N6O7/c19-17(12-5-7-13(8-6-12)23(26)27)21-31-18(25)14-9-10-22(20-14)11-30-16-4-2-1-3-15(16)24(28)29/h1-10H,11H2,(H2,19,21). The quantitative estimate of drug-likeness (QED) is 0.186. The third-order valence-corrected chi connectivity index (χ3v) is 3.86. The Morgan fingerprint density at radius 1 is 1.06 bits per heavy atom. The van der Waals surface area contributed by atoms with Gasteiger partial charge in [-0.05, 0) is 24.3 Å². The maximum absolute atomic E-state index is 12.1. The summed E-state index contributed by atoms with van der Waals surface area (Å²) in [6.45, 7) is -0.188. The largest absolute Gasteiger partial charge is 0.464 e. The number of aromatic nitrogens is 2. The normalized spacial score (nSPS) is 11.0. The van der Waals surface area contributed by atoms with E-state index in [0.717, 1.165) is 0 Å². The lowest BCUT2D eigenvalue weighted by atomic mass is 10.2. The van der Waals surface area contributed by atoms with E-state index in [0.29, 0.717) is 5.56 Å². The predicted molar refractivity (Wildman–Crippen MR) is 105 cm³/mol. The Labute approximate surface area is 173 Å². The average molecular weight is 426 g/mol. The van der Waals surface area contributed by atoms with Crippen molar-refractivity contribution in [2.24, 2.45) is 10.9 Å². The van der Waals surface area contributed by atoms with Crippen LogP contribution >= 0.6 is 0 Å². The molecule has 13 heteroatoms. The Hall–Kier alpha value is -4.81. The van der Waals surface area contributed by atoms with Crippen LogP contribution in [-0.4, -0.2) is 31.4 Å². The SMILES string of the molecule is N/C(=N\OC(=O)c1ccn(COc2ccccc2[N+](=O)[O-])n1)c1ccc([N+](=O)[O-])cc1. The molecule has 1 heterocycles. The monoisotopic (exact) mass is 426 g/mol. The van der Waals surface area contributed by atoms with Crippen molar-refractivity contribution in [1.29, 1.82) is 0 Å².